The minimum absolute atomic E-state index is 0.0347. The summed E-state index contributed by atoms with van der Waals surface area (Å²) in [5, 5.41) is 29.2. The number of aromatic nitrogens is 1. The highest BCUT2D eigenvalue weighted by molar-refractivity contribution is 7.59. The summed E-state index contributed by atoms with van der Waals surface area (Å²) in [5.74, 6) is -1.10. The van der Waals surface area contributed by atoms with Gasteiger partial charge < -0.3 is 20.1 Å². The van der Waals surface area contributed by atoms with Crippen LogP contribution in [0.15, 0.2) is 24.5 Å². The molecule has 0 aliphatic carbocycles. The molecule has 0 radical (unpaired) electrons. The van der Waals surface area contributed by atoms with Crippen molar-refractivity contribution in [2.75, 3.05) is 6.61 Å². The van der Waals surface area contributed by atoms with E-state index in [2.05, 4.69) is 0 Å². The second kappa shape index (κ2) is 5.40. The van der Waals surface area contributed by atoms with Gasteiger partial charge in [-0.25, -0.2) is 4.79 Å². The number of carboxylic acids is 1. The Morgan fingerprint density at radius 3 is 2.65 bits per heavy atom. The minimum atomic E-state index is -2.67. The number of aliphatic hydroxyl groups is 2. The quantitative estimate of drug-likeness (QED) is 0.470. The molecule has 4 saturated heterocycles. The summed E-state index contributed by atoms with van der Waals surface area (Å²) in [4.78, 5) is 11.0. The molecule has 1 aromatic heterocycles. The summed E-state index contributed by atoms with van der Waals surface area (Å²) in [6.45, 7) is -0.737. The standard InChI is InChI=1S/C12H13NO9P/c14-8-7(5-18-23-20-12(21-23)22-23)19-10(9(8)15)13-3-1-2-6(4-13)11(16)17/h1-4,7-10,12,14-15H,5H2/q+1/p+1/t7-,8-,9-,10-,12?,23?/m1/s1. The Hall–Kier alpha value is -1.23. The molecule has 0 amide bonds. The maximum absolute atomic E-state index is 11.0. The largest absolute Gasteiger partial charge is 0.592 e. The van der Waals surface area contributed by atoms with Crippen molar-refractivity contribution in [1.82, 2.24) is 0 Å². The van der Waals surface area contributed by atoms with Crippen LogP contribution in [0.1, 0.15) is 16.6 Å². The van der Waals surface area contributed by atoms with Gasteiger partial charge in [0.25, 0.3) is 6.23 Å². The van der Waals surface area contributed by atoms with E-state index >= 15 is 0 Å². The van der Waals surface area contributed by atoms with Crippen molar-refractivity contribution in [1.29, 1.82) is 0 Å². The fraction of sp³-hybridized carbons (Fsp3) is 0.500. The minimum Gasteiger partial charge on any atom is -0.477 e. The highest BCUT2D eigenvalue weighted by Gasteiger charge is 2.82. The zero-order valence-corrected chi connectivity index (χ0v) is 12.5. The van der Waals surface area contributed by atoms with Gasteiger partial charge in [-0.2, -0.15) is 4.57 Å². The third-order valence-electron chi connectivity index (χ3n) is 3.74. The van der Waals surface area contributed by atoms with Crippen molar-refractivity contribution in [3.05, 3.63) is 30.1 Å². The van der Waals surface area contributed by atoms with E-state index in [9.17, 15) is 15.0 Å². The van der Waals surface area contributed by atoms with E-state index in [4.69, 9.17) is 27.9 Å². The summed E-state index contributed by atoms with van der Waals surface area (Å²) >= 11 is 0. The SMILES string of the molecule is O=C(O)c1ccc[n+]([C@@H]2O[C@H](CO[P+]34OC(O3)O4)[C@@H](O)[C@H]2O)c1. The first-order chi connectivity index (χ1) is 11.0. The van der Waals surface area contributed by atoms with E-state index in [0.29, 0.717) is 0 Å². The van der Waals surface area contributed by atoms with E-state index in [1.807, 2.05) is 0 Å². The molecule has 0 saturated carbocycles. The third kappa shape index (κ3) is 2.53. The molecule has 10 nitrogen and oxygen atoms in total. The number of hydrogen-bond donors (Lipinski definition) is 3. The highest BCUT2D eigenvalue weighted by Crippen LogP contribution is 2.83. The van der Waals surface area contributed by atoms with Gasteiger partial charge >= 0.3 is 20.6 Å². The lowest BCUT2D eigenvalue weighted by atomic mass is 10.1. The average Bonchev–Trinajstić information content (AvgIpc) is 2.73. The van der Waals surface area contributed by atoms with Crippen LogP contribution in [-0.4, -0.2) is 52.7 Å². The molecule has 5 rings (SSSR count). The van der Waals surface area contributed by atoms with Gasteiger partial charge in [0.05, 0.1) is 0 Å². The van der Waals surface area contributed by atoms with E-state index < -0.39 is 45.2 Å². The molecule has 4 aliphatic heterocycles. The fourth-order valence-corrected chi connectivity index (χ4v) is 3.68. The second-order valence-electron chi connectivity index (χ2n) is 5.24. The van der Waals surface area contributed by atoms with Crippen LogP contribution in [0, 0.1) is 0 Å². The van der Waals surface area contributed by atoms with Crippen molar-refractivity contribution < 1.29 is 47.5 Å². The fourth-order valence-electron chi connectivity index (χ4n) is 2.49. The van der Waals surface area contributed by atoms with Crippen LogP contribution in [0.2, 0.25) is 0 Å². The lowest BCUT2D eigenvalue weighted by Gasteiger charge is -2.40. The van der Waals surface area contributed by atoms with Crippen molar-refractivity contribution in [2.24, 2.45) is 0 Å². The van der Waals surface area contributed by atoms with Gasteiger partial charge in [0.15, 0.2) is 18.5 Å². The predicted octanol–water partition coefficient (Wildman–Crippen LogP) is -0.654. The second-order valence-corrected chi connectivity index (χ2v) is 7.02. The first-order valence-electron chi connectivity index (χ1n) is 6.82. The number of nitrogens with zero attached hydrogens (tertiary/aromatic N) is 1. The molecule has 124 valence electrons. The maximum atomic E-state index is 11.0. The Labute approximate surface area is 130 Å². The van der Waals surface area contributed by atoms with Crippen molar-refractivity contribution in [2.45, 2.75) is 31.0 Å². The molecule has 2 bridgehead atoms. The van der Waals surface area contributed by atoms with Crippen molar-refractivity contribution >= 4 is 14.1 Å². The molecule has 3 N–H and O–H groups in total. The summed E-state index contributed by atoms with van der Waals surface area (Å²) in [6.07, 6.45) is -1.37. The molecule has 4 atom stereocenters. The predicted molar refractivity (Wildman–Crippen MR) is 69.4 cm³/mol. The van der Waals surface area contributed by atoms with Crippen LogP contribution < -0.4 is 4.57 Å². The lowest BCUT2D eigenvalue weighted by molar-refractivity contribution is -0.765. The average molecular weight is 347 g/mol. The number of ether oxygens (including phenoxy) is 1. The normalized spacial score (nSPS) is 41.2. The molecular weight excluding hydrogens is 333 g/mol. The summed E-state index contributed by atoms with van der Waals surface area (Å²) in [6, 6.07) is 2.93. The molecule has 1 aromatic rings. The van der Waals surface area contributed by atoms with Gasteiger partial charge in [-0.05, 0) is 6.07 Å². The lowest BCUT2D eigenvalue weighted by Crippen LogP contribution is -2.48. The van der Waals surface area contributed by atoms with E-state index in [-0.39, 0.29) is 12.2 Å². The molecule has 0 spiro atoms. The number of aromatic carboxylic acids is 1. The van der Waals surface area contributed by atoms with Gasteiger partial charge in [-0.1, -0.05) is 13.6 Å². The van der Waals surface area contributed by atoms with Crippen LogP contribution in [0.4, 0.5) is 0 Å². The number of carboxylic acid groups (broad SMARTS) is 1. The van der Waals surface area contributed by atoms with Gasteiger partial charge in [-0.15, -0.1) is 4.52 Å². The number of pyridine rings is 1. The summed E-state index contributed by atoms with van der Waals surface area (Å²) in [7, 11) is -2.67. The van der Waals surface area contributed by atoms with Crippen LogP contribution in [0.25, 0.3) is 0 Å². The van der Waals surface area contributed by atoms with Gasteiger partial charge in [0, 0.05) is 6.07 Å². The zero-order chi connectivity index (χ0) is 16.2. The molecule has 4 aliphatic rings. The smallest absolute Gasteiger partial charge is 0.477 e. The first-order valence-corrected chi connectivity index (χ1v) is 8.28. The molecule has 0 aromatic carbocycles. The monoisotopic (exact) mass is 347 g/mol. The topological polar surface area (TPSA) is 128 Å². The zero-order valence-electron chi connectivity index (χ0n) is 11.6. The molecular formula is C12H14NO9P+2. The summed E-state index contributed by atoms with van der Waals surface area (Å²) < 4.78 is 27.5. The van der Waals surface area contributed by atoms with Crippen LogP contribution in [-0.2, 0) is 22.8 Å². The summed E-state index contributed by atoms with van der Waals surface area (Å²) in [5.41, 5.74) is 0.0347. The van der Waals surface area contributed by atoms with Crippen LogP contribution >= 0.6 is 8.17 Å². The van der Waals surface area contributed by atoms with Crippen LogP contribution in [0.3, 0.4) is 0 Å². The highest BCUT2D eigenvalue weighted by atomic mass is 31.2. The Morgan fingerprint density at radius 1 is 1.30 bits per heavy atom. The van der Waals surface area contributed by atoms with E-state index in [1.165, 1.54) is 22.9 Å². The van der Waals surface area contributed by atoms with Gasteiger partial charge in [-0.3, -0.25) is 0 Å². The van der Waals surface area contributed by atoms with Crippen LogP contribution in [0.5, 0.6) is 0 Å². The maximum Gasteiger partial charge on any atom is 0.592 e. The number of rotatable bonds is 5. The van der Waals surface area contributed by atoms with Gasteiger partial charge in [0.1, 0.15) is 24.4 Å². The Bertz CT molecular complexity index is 626. The van der Waals surface area contributed by atoms with E-state index in [1.54, 1.807) is 6.20 Å². The molecule has 23 heavy (non-hydrogen) atoms. The Kier molecular flexibility index (Phi) is 3.59. The molecule has 0 unspecified atom stereocenters. The first kappa shape index (κ1) is 15.3. The number of hydrogen-bond acceptors (Lipinski definition) is 8. The van der Waals surface area contributed by atoms with Crippen molar-refractivity contribution in [3.8, 4) is 0 Å². The Balaban J connectivity index is 1.44. The van der Waals surface area contributed by atoms with Gasteiger partial charge in [0.2, 0.25) is 0 Å². The number of aliphatic hydroxyl groups excluding tert-OH is 2. The molecule has 11 heteroatoms. The number of carbonyl (C=O) groups is 1. The molecule has 4 fully saturated rings. The van der Waals surface area contributed by atoms with E-state index in [0.717, 1.165) is 0 Å². The Morgan fingerprint density at radius 2 is 2.04 bits per heavy atom. The van der Waals surface area contributed by atoms with Crippen molar-refractivity contribution in [3.63, 3.8) is 0 Å². The molecule has 5 heterocycles. The third-order valence-corrected chi connectivity index (χ3v) is 5.50.